The van der Waals surface area contributed by atoms with Gasteiger partial charge in [0, 0.05) is 19.4 Å². The van der Waals surface area contributed by atoms with Crippen molar-refractivity contribution in [1.82, 2.24) is 10.2 Å². The molecule has 0 aromatic heterocycles. The first-order valence-corrected chi connectivity index (χ1v) is 8.27. The maximum atomic E-state index is 12.2. The number of hydrogen-bond donors (Lipinski definition) is 1. The van der Waals surface area contributed by atoms with Gasteiger partial charge in [0.1, 0.15) is 0 Å². The molecule has 22 heavy (non-hydrogen) atoms. The topological polar surface area (TPSA) is 49.4 Å². The van der Waals surface area contributed by atoms with E-state index in [1.807, 2.05) is 23.1 Å². The molecule has 4 nitrogen and oxygen atoms in total. The fourth-order valence-corrected chi connectivity index (χ4v) is 4.00. The molecule has 2 aliphatic heterocycles. The third kappa shape index (κ3) is 3.16. The number of likely N-dealkylation sites (tertiary alicyclic amines) is 1. The summed E-state index contributed by atoms with van der Waals surface area (Å²) in [5, 5.41) is 3.15. The fraction of sp³-hybridized carbons (Fsp3) is 0.556. The molecule has 2 fully saturated rings. The zero-order valence-electron chi connectivity index (χ0n) is 13.1. The van der Waals surface area contributed by atoms with Crippen LogP contribution >= 0.6 is 0 Å². The summed E-state index contributed by atoms with van der Waals surface area (Å²) in [6.45, 7) is 1.65. The Bertz CT molecular complexity index is 543. The van der Waals surface area contributed by atoms with Gasteiger partial charge in [0.05, 0.1) is 12.1 Å². The molecule has 1 aromatic carbocycles. The average Bonchev–Trinajstić information content (AvgIpc) is 2.79. The van der Waals surface area contributed by atoms with Gasteiger partial charge in [-0.05, 0) is 31.2 Å². The molecule has 2 heterocycles. The van der Waals surface area contributed by atoms with Gasteiger partial charge in [-0.15, -0.1) is 0 Å². The predicted molar refractivity (Wildman–Crippen MR) is 85.3 cm³/mol. The lowest BCUT2D eigenvalue weighted by molar-refractivity contribution is -0.132. The lowest BCUT2D eigenvalue weighted by Gasteiger charge is -2.32. The van der Waals surface area contributed by atoms with E-state index in [0.717, 1.165) is 32.1 Å². The van der Waals surface area contributed by atoms with Crippen LogP contribution in [0.2, 0.25) is 0 Å². The number of rotatable bonds is 2. The summed E-state index contributed by atoms with van der Waals surface area (Å²) >= 11 is 0. The van der Waals surface area contributed by atoms with Crippen molar-refractivity contribution < 1.29 is 9.59 Å². The van der Waals surface area contributed by atoms with E-state index in [4.69, 9.17) is 0 Å². The van der Waals surface area contributed by atoms with E-state index in [1.165, 1.54) is 5.56 Å². The summed E-state index contributed by atoms with van der Waals surface area (Å²) in [7, 11) is 0. The van der Waals surface area contributed by atoms with Gasteiger partial charge < -0.3 is 10.2 Å². The summed E-state index contributed by atoms with van der Waals surface area (Å²) < 4.78 is 0. The highest BCUT2D eigenvalue weighted by molar-refractivity contribution is 5.78. The first kappa shape index (κ1) is 15.1. The average molecular weight is 300 g/mol. The monoisotopic (exact) mass is 300 g/mol. The molecule has 0 spiro atoms. The number of hydrogen-bond acceptors (Lipinski definition) is 2. The van der Waals surface area contributed by atoms with Gasteiger partial charge in [-0.1, -0.05) is 36.8 Å². The largest absolute Gasteiger partial charge is 0.351 e. The van der Waals surface area contributed by atoms with Crippen LogP contribution in [-0.2, 0) is 16.0 Å². The second kappa shape index (κ2) is 6.51. The van der Waals surface area contributed by atoms with E-state index in [1.54, 1.807) is 6.92 Å². The van der Waals surface area contributed by atoms with Crippen molar-refractivity contribution >= 4 is 11.8 Å². The zero-order valence-corrected chi connectivity index (χ0v) is 13.1. The van der Waals surface area contributed by atoms with Crippen LogP contribution in [0.5, 0.6) is 0 Å². The molecular formula is C18H24N2O2. The zero-order chi connectivity index (χ0) is 15.5. The van der Waals surface area contributed by atoms with Gasteiger partial charge in [0.15, 0.2) is 0 Å². The summed E-state index contributed by atoms with van der Waals surface area (Å²) in [6, 6.07) is 10.8. The van der Waals surface area contributed by atoms with Crippen LogP contribution in [0.4, 0.5) is 0 Å². The first-order chi connectivity index (χ1) is 10.6. The van der Waals surface area contributed by atoms with Crippen molar-refractivity contribution in [2.45, 2.75) is 63.6 Å². The smallest absolute Gasteiger partial charge is 0.220 e. The highest BCUT2D eigenvalue weighted by Crippen LogP contribution is 2.31. The van der Waals surface area contributed by atoms with Crippen LogP contribution in [-0.4, -0.2) is 34.8 Å². The number of amides is 2. The predicted octanol–water partition coefficient (Wildman–Crippen LogP) is 2.28. The SMILES string of the molecule is CC(=O)N1[C@H](Cc2ccccc2)C[C@H]2NC(=O)CCCC[C@@H]21. The van der Waals surface area contributed by atoms with Gasteiger partial charge >= 0.3 is 0 Å². The number of carbonyl (C=O) groups excluding carboxylic acids is 2. The minimum atomic E-state index is 0.116. The lowest BCUT2D eigenvalue weighted by atomic mass is 9.97. The Morgan fingerprint density at radius 2 is 2.05 bits per heavy atom. The minimum Gasteiger partial charge on any atom is -0.351 e. The normalized spacial score (nSPS) is 28.5. The molecule has 0 radical (unpaired) electrons. The van der Waals surface area contributed by atoms with E-state index in [0.29, 0.717) is 6.42 Å². The minimum absolute atomic E-state index is 0.116. The Morgan fingerprint density at radius 1 is 1.27 bits per heavy atom. The third-order valence-electron chi connectivity index (χ3n) is 4.92. The van der Waals surface area contributed by atoms with Crippen molar-refractivity contribution in [3.8, 4) is 0 Å². The molecule has 4 heteroatoms. The standard InChI is InChI=1S/C18H24N2O2/c1-13(21)20-15(11-14-7-3-2-4-8-14)12-16-17(20)9-5-6-10-18(22)19-16/h2-4,7-8,15-17H,5-6,9-12H2,1H3,(H,19,22)/t15-,16-,17+/m1/s1. The van der Waals surface area contributed by atoms with Gasteiger partial charge in [0.2, 0.25) is 11.8 Å². The van der Waals surface area contributed by atoms with E-state index >= 15 is 0 Å². The molecule has 3 rings (SSSR count). The second-order valence-electron chi connectivity index (χ2n) is 6.49. The number of nitrogens with one attached hydrogen (secondary N) is 1. The molecule has 1 aromatic rings. The third-order valence-corrected chi connectivity index (χ3v) is 4.92. The fourth-order valence-electron chi connectivity index (χ4n) is 4.00. The molecule has 2 saturated heterocycles. The van der Waals surface area contributed by atoms with Gasteiger partial charge in [-0.2, -0.15) is 0 Å². The van der Waals surface area contributed by atoms with Crippen LogP contribution in [0.1, 0.15) is 44.6 Å². The van der Waals surface area contributed by atoms with Crippen LogP contribution in [0.25, 0.3) is 0 Å². The number of carbonyl (C=O) groups is 2. The summed E-state index contributed by atoms with van der Waals surface area (Å²) in [5.74, 6) is 0.266. The molecule has 0 bridgehead atoms. The van der Waals surface area contributed by atoms with E-state index in [9.17, 15) is 9.59 Å². The van der Waals surface area contributed by atoms with Crippen molar-refractivity contribution in [3.63, 3.8) is 0 Å². The van der Waals surface area contributed by atoms with Gasteiger partial charge in [-0.3, -0.25) is 9.59 Å². The highest BCUT2D eigenvalue weighted by Gasteiger charge is 2.43. The van der Waals surface area contributed by atoms with Crippen LogP contribution in [0.15, 0.2) is 30.3 Å². The number of benzene rings is 1. The molecular weight excluding hydrogens is 276 g/mol. The summed E-state index contributed by atoms with van der Waals surface area (Å²) in [5.41, 5.74) is 1.25. The molecule has 1 N–H and O–H groups in total. The lowest BCUT2D eigenvalue weighted by Crippen LogP contribution is -2.48. The van der Waals surface area contributed by atoms with Crippen LogP contribution in [0.3, 0.4) is 0 Å². The maximum Gasteiger partial charge on any atom is 0.220 e. The Balaban J connectivity index is 1.80. The molecule has 3 atom stereocenters. The Labute approximate surface area is 131 Å². The Hall–Kier alpha value is -1.84. The van der Waals surface area contributed by atoms with Crippen LogP contribution in [0, 0.1) is 0 Å². The second-order valence-corrected chi connectivity index (χ2v) is 6.49. The molecule has 2 amide bonds. The van der Waals surface area contributed by atoms with E-state index < -0.39 is 0 Å². The van der Waals surface area contributed by atoms with Crippen LogP contribution < -0.4 is 5.32 Å². The molecule has 0 unspecified atom stereocenters. The summed E-state index contributed by atoms with van der Waals surface area (Å²) in [4.78, 5) is 26.1. The maximum absolute atomic E-state index is 12.2. The first-order valence-electron chi connectivity index (χ1n) is 8.27. The molecule has 2 aliphatic rings. The Morgan fingerprint density at radius 3 is 2.77 bits per heavy atom. The van der Waals surface area contributed by atoms with Gasteiger partial charge in [-0.25, -0.2) is 0 Å². The van der Waals surface area contributed by atoms with E-state index in [-0.39, 0.29) is 29.9 Å². The quantitative estimate of drug-likeness (QED) is 0.911. The van der Waals surface area contributed by atoms with E-state index in [2.05, 4.69) is 17.4 Å². The van der Waals surface area contributed by atoms with Gasteiger partial charge in [0.25, 0.3) is 0 Å². The Kier molecular flexibility index (Phi) is 4.46. The van der Waals surface area contributed by atoms with Crippen molar-refractivity contribution in [3.05, 3.63) is 35.9 Å². The van der Waals surface area contributed by atoms with Crippen molar-refractivity contribution in [2.75, 3.05) is 0 Å². The molecule has 118 valence electrons. The van der Waals surface area contributed by atoms with Crippen molar-refractivity contribution in [2.24, 2.45) is 0 Å². The number of nitrogens with zero attached hydrogens (tertiary/aromatic N) is 1. The molecule has 0 aliphatic carbocycles. The van der Waals surface area contributed by atoms with Crippen molar-refractivity contribution in [1.29, 1.82) is 0 Å². The number of fused-ring (bicyclic) bond motifs is 1. The highest BCUT2D eigenvalue weighted by atomic mass is 16.2. The summed E-state index contributed by atoms with van der Waals surface area (Å²) in [6.07, 6.45) is 5.29. The molecule has 0 saturated carbocycles.